The van der Waals surface area contributed by atoms with Gasteiger partial charge in [0.1, 0.15) is 0 Å². The average Bonchev–Trinajstić information content (AvgIpc) is 2.48. The number of carbonyl (C=O) groups is 2. The first-order valence-corrected chi connectivity index (χ1v) is 7.25. The molecule has 5 nitrogen and oxygen atoms in total. The zero-order valence-corrected chi connectivity index (χ0v) is 13.1. The van der Waals surface area contributed by atoms with Crippen molar-refractivity contribution in [3.63, 3.8) is 0 Å². The molecule has 1 unspecified atom stereocenters. The lowest BCUT2D eigenvalue weighted by Gasteiger charge is -2.27. The Morgan fingerprint density at radius 1 is 1.19 bits per heavy atom. The molecule has 5 heteroatoms. The van der Waals surface area contributed by atoms with E-state index in [9.17, 15) is 9.59 Å². The second-order valence-corrected chi connectivity index (χ2v) is 5.25. The van der Waals surface area contributed by atoms with Gasteiger partial charge < -0.3 is 15.5 Å². The van der Waals surface area contributed by atoms with Crippen LogP contribution >= 0.6 is 0 Å². The molecule has 0 radical (unpaired) electrons. The second kappa shape index (κ2) is 8.42. The van der Waals surface area contributed by atoms with E-state index in [0.717, 1.165) is 12.0 Å². The van der Waals surface area contributed by atoms with Crippen LogP contribution in [0.25, 0.3) is 0 Å². The maximum Gasteiger partial charge on any atom is 0.241 e. The standard InChI is InChI=1S/C16H25N3O2/c1-4-10-19(12-15(20)18(2)3)16(21)14(11-17)13-8-6-5-7-9-13/h5-9,14H,4,10-12,17H2,1-3H3. The Morgan fingerprint density at radius 3 is 2.29 bits per heavy atom. The highest BCUT2D eigenvalue weighted by Crippen LogP contribution is 2.17. The van der Waals surface area contributed by atoms with Gasteiger partial charge in [0, 0.05) is 27.2 Å². The lowest BCUT2D eigenvalue weighted by molar-refractivity contribution is -0.140. The van der Waals surface area contributed by atoms with Crippen molar-refractivity contribution in [3.05, 3.63) is 35.9 Å². The number of amides is 2. The number of likely N-dealkylation sites (N-methyl/N-ethyl adjacent to an activating group) is 1. The van der Waals surface area contributed by atoms with Crippen molar-refractivity contribution < 1.29 is 9.59 Å². The molecule has 0 saturated carbocycles. The summed E-state index contributed by atoms with van der Waals surface area (Å²) in [7, 11) is 3.38. The molecule has 0 fully saturated rings. The zero-order chi connectivity index (χ0) is 15.8. The number of nitrogens with zero attached hydrogens (tertiary/aromatic N) is 2. The molecule has 0 bridgehead atoms. The summed E-state index contributed by atoms with van der Waals surface area (Å²) in [6.07, 6.45) is 0.804. The van der Waals surface area contributed by atoms with E-state index in [1.54, 1.807) is 19.0 Å². The van der Waals surface area contributed by atoms with Crippen LogP contribution in [0, 0.1) is 0 Å². The molecular weight excluding hydrogens is 266 g/mol. The highest BCUT2D eigenvalue weighted by atomic mass is 16.2. The van der Waals surface area contributed by atoms with Gasteiger partial charge in [0.2, 0.25) is 11.8 Å². The Hall–Kier alpha value is -1.88. The Morgan fingerprint density at radius 2 is 1.81 bits per heavy atom. The Labute approximate surface area is 126 Å². The fourth-order valence-electron chi connectivity index (χ4n) is 2.13. The van der Waals surface area contributed by atoms with Gasteiger partial charge in [-0.25, -0.2) is 0 Å². The first-order chi connectivity index (χ1) is 10.0. The molecule has 0 aliphatic carbocycles. The fraction of sp³-hybridized carbons (Fsp3) is 0.500. The van der Waals surface area contributed by atoms with Crippen molar-refractivity contribution in [2.24, 2.45) is 5.73 Å². The summed E-state index contributed by atoms with van der Waals surface area (Å²) in [4.78, 5) is 27.7. The third kappa shape index (κ3) is 4.86. The van der Waals surface area contributed by atoms with E-state index in [0.29, 0.717) is 6.54 Å². The van der Waals surface area contributed by atoms with Crippen LogP contribution in [-0.2, 0) is 9.59 Å². The van der Waals surface area contributed by atoms with Gasteiger partial charge in [-0.2, -0.15) is 0 Å². The van der Waals surface area contributed by atoms with Crippen LogP contribution in [0.2, 0.25) is 0 Å². The maximum absolute atomic E-state index is 12.7. The van der Waals surface area contributed by atoms with E-state index >= 15 is 0 Å². The summed E-state index contributed by atoms with van der Waals surface area (Å²) in [5, 5.41) is 0. The first-order valence-electron chi connectivity index (χ1n) is 7.25. The van der Waals surface area contributed by atoms with Crippen LogP contribution in [0.1, 0.15) is 24.8 Å². The van der Waals surface area contributed by atoms with Crippen LogP contribution in [-0.4, -0.2) is 55.3 Å². The Balaban J connectivity index is 2.90. The number of benzene rings is 1. The van der Waals surface area contributed by atoms with E-state index < -0.39 is 5.92 Å². The Bertz CT molecular complexity index is 460. The molecule has 2 N–H and O–H groups in total. The molecule has 0 saturated heterocycles. The summed E-state index contributed by atoms with van der Waals surface area (Å²) < 4.78 is 0. The molecule has 21 heavy (non-hydrogen) atoms. The van der Waals surface area contributed by atoms with Crippen molar-refractivity contribution in [1.29, 1.82) is 0 Å². The van der Waals surface area contributed by atoms with Crippen molar-refractivity contribution >= 4 is 11.8 Å². The molecule has 0 aliphatic rings. The molecule has 0 aromatic heterocycles. The van der Waals surface area contributed by atoms with Gasteiger partial charge in [-0.15, -0.1) is 0 Å². The number of nitrogens with two attached hydrogens (primary N) is 1. The zero-order valence-electron chi connectivity index (χ0n) is 13.1. The average molecular weight is 291 g/mol. The monoisotopic (exact) mass is 291 g/mol. The molecule has 1 atom stereocenters. The SMILES string of the molecule is CCCN(CC(=O)N(C)C)C(=O)C(CN)c1ccccc1. The molecule has 116 valence electrons. The molecule has 1 aromatic rings. The molecule has 0 spiro atoms. The van der Waals surface area contributed by atoms with Gasteiger partial charge >= 0.3 is 0 Å². The van der Waals surface area contributed by atoms with Crippen LogP contribution in [0.5, 0.6) is 0 Å². The lowest BCUT2D eigenvalue weighted by atomic mass is 9.97. The van der Waals surface area contributed by atoms with E-state index in [2.05, 4.69) is 0 Å². The second-order valence-electron chi connectivity index (χ2n) is 5.25. The van der Waals surface area contributed by atoms with Crippen LogP contribution in [0.3, 0.4) is 0 Å². The lowest BCUT2D eigenvalue weighted by Crippen LogP contribution is -2.44. The quantitative estimate of drug-likeness (QED) is 0.816. The highest BCUT2D eigenvalue weighted by Gasteiger charge is 2.26. The predicted molar refractivity (Wildman–Crippen MR) is 83.8 cm³/mol. The number of hydrogen-bond acceptors (Lipinski definition) is 3. The predicted octanol–water partition coefficient (Wildman–Crippen LogP) is 1.06. The van der Waals surface area contributed by atoms with Crippen LogP contribution < -0.4 is 5.73 Å². The van der Waals surface area contributed by atoms with Gasteiger partial charge in [-0.3, -0.25) is 9.59 Å². The maximum atomic E-state index is 12.7. The summed E-state index contributed by atoms with van der Waals surface area (Å²) in [5.41, 5.74) is 6.68. The van der Waals surface area contributed by atoms with Crippen molar-refractivity contribution in [2.75, 3.05) is 33.7 Å². The van der Waals surface area contributed by atoms with E-state index in [1.165, 1.54) is 4.90 Å². The van der Waals surface area contributed by atoms with Crippen molar-refractivity contribution in [2.45, 2.75) is 19.3 Å². The highest BCUT2D eigenvalue weighted by molar-refractivity contribution is 5.88. The molecule has 1 rings (SSSR count). The van der Waals surface area contributed by atoms with E-state index in [1.807, 2.05) is 37.3 Å². The third-order valence-electron chi connectivity index (χ3n) is 3.37. The fourth-order valence-corrected chi connectivity index (χ4v) is 2.13. The molecule has 0 aliphatic heterocycles. The third-order valence-corrected chi connectivity index (χ3v) is 3.37. The van der Waals surface area contributed by atoms with Gasteiger partial charge in [-0.05, 0) is 12.0 Å². The molecule has 1 aromatic carbocycles. The van der Waals surface area contributed by atoms with Gasteiger partial charge in [0.15, 0.2) is 0 Å². The molecule has 0 heterocycles. The number of carbonyl (C=O) groups excluding carboxylic acids is 2. The smallest absolute Gasteiger partial charge is 0.241 e. The Kier molecular flexibility index (Phi) is 6.88. The summed E-state index contributed by atoms with van der Waals surface area (Å²) in [6.45, 7) is 2.88. The topological polar surface area (TPSA) is 66.6 Å². The van der Waals surface area contributed by atoms with Crippen LogP contribution in [0.15, 0.2) is 30.3 Å². The van der Waals surface area contributed by atoms with E-state index in [4.69, 9.17) is 5.73 Å². The van der Waals surface area contributed by atoms with Crippen LogP contribution in [0.4, 0.5) is 0 Å². The summed E-state index contributed by atoms with van der Waals surface area (Å²) in [5.74, 6) is -0.561. The summed E-state index contributed by atoms with van der Waals surface area (Å²) >= 11 is 0. The van der Waals surface area contributed by atoms with Crippen molar-refractivity contribution in [1.82, 2.24) is 9.80 Å². The molecule has 2 amide bonds. The largest absolute Gasteiger partial charge is 0.347 e. The van der Waals surface area contributed by atoms with Gasteiger partial charge in [0.25, 0.3) is 0 Å². The normalized spacial score (nSPS) is 11.8. The number of hydrogen-bond donors (Lipinski definition) is 1. The van der Waals surface area contributed by atoms with Crippen molar-refractivity contribution in [3.8, 4) is 0 Å². The van der Waals surface area contributed by atoms with Gasteiger partial charge in [0.05, 0.1) is 12.5 Å². The minimum Gasteiger partial charge on any atom is -0.347 e. The minimum atomic E-state index is -0.396. The minimum absolute atomic E-state index is 0.0826. The van der Waals surface area contributed by atoms with E-state index in [-0.39, 0.29) is 24.9 Å². The number of rotatable bonds is 7. The summed E-state index contributed by atoms with van der Waals surface area (Å²) in [6, 6.07) is 9.47. The first kappa shape index (κ1) is 17.2. The molecular formula is C16H25N3O2. The van der Waals surface area contributed by atoms with Gasteiger partial charge in [-0.1, -0.05) is 37.3 Å².